The number of aliphatic hydroxyl groups is 1. The molecule has 0 fully saturated rings. The molecule has 0 aromatic heterocycles. The molecule has 1 aromatic carbocycles. The second-order valence-corrected chi connectivity index (χ2v) is 7.06. The number of halogens is 3. The van der Waals surface area contributed by atoms with Crippen LogP contribution in [0, 0.1) is 10.8 Å². The van der Waals surface area contributed by atoms with Crippen LogP contribution in [0.2, 0.25) is 10.0 Å². The number of ether oxygens (including phenoxy) is 1. The number of allylic oxidation sites excluding steroid dienone is 2. The molecule has 136 valence electrons. The van der Waals surface area contributed by atoms with E-state index in [1.54, 1.807) is 12.1 Å². The van der Waals surface area contributed by atoms with Crippen LogP contribution in [-0.4, -0.2) is 29.9 Å². The first-order valence-electron chi connectivity index (χ1n) is 7.71. The summed E-state index contributed by atoms with van der Waals surface area (Å²) in [5.74, 6) is 0.331. The number of ketones is 1. The van der Waals surface area contributed by atoms with Crippen molar-refractivity contribution in [3.63, 3.8) is 0 Å². The molecule has 1 aromatic rings. The molecule has 0 bridgehead atoms. The van der Waals surface area contributed by atoms with Gasteiger partial charge in [-0.2, -0.15) is 0 Å². The third kappa shape index (κ3) is 3.51. The lowest BCUT2D eigenvalue weighted by Crippen LogP contribution is -2.27. The van der Waals surface area contributed by atoms with Gasteiger partial charge in [0.25, 0.3) is 0 Å². The number of hydrogen-bond donors (Lipinski definition) is 3. The number of nitrogens with two attached hydrogens (primary N) is 1. The van der Waals surface area contributed by atoms with Gasteiger partial charge in [0.05, 0.1) is 5.02 Å². The summed E-state index contributed by atoms with van der Waals surface area (Å²) in [6.07, 6.45) is 4.04. The standard InChI is InChI=1S/C17H18Cl2N2O3.ClH/c18-15-12(24-8-13(20)21)5-9-7-17(3-4-22)2-1-10(23)6-11(17)14(9)16(15)19;/h5-6,22H,1-4,7-8H2,(H3,20,21);1H. The van der Waals surface area contributed by atoms with Crippen molar-refractivity contribution in [2.45, 2.75) is 25.7 Å². The van der Waals surface area contributed by atoms with Crippen LogP contribution in [0.4, 0.5) is 0 Å². The van der Waals surface area contributed by atoms with Crippen LogP contribution in [0.15, 0.2) is 12.1 Å². The van der Waals surface area contributed by atoms with E-state index >= 15 is 0 Å². The summed E-state index contributed by atoms with van der Waals surface area (Å²) >= 11 is 12.8. The van der Waals surface area contributed by atoms with E-state index < -0.39 is 0 Å². The summed E-state index contributed by atoms with van der Waals surface area (Å²) in [6.45, 7) is -0.0314. The van der Waals surface area contributed by atoms with Gasteiger partial charge in [0.2, 0.25) is 0 Å². The van der Waals surface area contributed by atoms with Crippen LogP contribution in [-0.2, 0) is 11.2 Å². The Morgan fingerprint density at radius 2 is 2.12 bits per heavy atom. The number of carbonyl (C=O) groups is 1. The highest BCUT2D eigenvalue weighted by Gasteiger charge is 2.45. The fourth-order valence-corrected chi connectivity index (χ4v) is 4.19. The van der Waals surface area contributed by atoms with Gasteiger partial charge < -0.3 is 15.6 Å². The predicted molar refractivity (Wildman–Crippen MR) is 101 cm³/mol. The van der Waals surface area contributed by atoms with E-state index in [4.69, 9.17) is 39.1 Å². The maximum atomic E-state index is 11.9. The van der Waals surface area contributed by atoms with E-state index in [0.717, 1.165) is 16.7 Å². The monoisotopic (exact) mass is 404 g/mol. The number of benzene rings is 1. The Labute approximate surface area is 162 Å². The van der Waals surface area contributed by atoms with Crippen molar-refractivity contribution in [3.8, 4) is 5.75 Å². The molecular formula is C17H19Cl3N2O3. The molecule has 2 aliphatic carbocycles. The van der Waals surface area contributed by atoms with Crippen LogP contribution in [0.3, 0.4) is 0 Å². The largest absolute Gasteiger partial charge is 0.484 e. The first-order valence-corrected chi connectivity index (χ1v) is 8.46. The van der Waals surface area contributed by atoms with Crippen LogP contribution >= 0.6 is 35.6 Å². The van der Waals surface area contributed by atoms with Gasteiger partial charge in [0.1, 0.15) is 23.2 Å². The summed E-state index contributed by atoms with van der Waals surface area (Å²) in [5, 5.41) is 17.3. The smallest absolute Gasteiger partial charge is 0.156 e. The molecule has 25 heavy (non-hydrogen) atoms. The lowest BCUT2D eigenvalue weighted by molar-refractivity contribution is -0.115. The molecule has 0 saturated carbocycles. The Kier molecular flexibility index (Phi) is 6.05. The number of hydrogen-bond acceptors (Lipinski definition) is 4. The molecule has 0 saturated heterocycles. The second kappa shape index (κ2) is 7.54. The lowest BCUT2D eigenvalue weighted by atomic mass is 9.70. The molecule has 8 heteroatoms. The van der Waals surface area contributed by atoms with Gasteiger partial charge in [-0.1, -0.05) is 23.2 Å². The van der Waals surface area contributed by atoms with E-state index in [-0.39, 0.29) is 47.7 Å². The zero-order valence-corrected chi connectivity index (χ0v) is 15.7. The molecule has 0 spiro atoms. The van der Waals surface area contributed by atoms with Crippen molar-refractivity contribution in [1.82, 2.24) is 0 Å². The molecule has 0 heterocycles. The summed E-state index contributed by atoms with van der Waals surface area (Å²) in [6, 6.07) is 1.80. The lowest BCUT2D eigenvalue weighted by Gasteiger charge is -2.33. The second-order valence-electron chi connectivity index (χ2n) is 6.31. The molecule has 0 amide bonds. The van der Waals surface area contributed by atoms with Gasteiger partial charge >= 0.3 is 0 Å². The zero-order chi connectivity index (χ0) is 17.5. The van der Waals surface area contributed by atoms with Gasteiger partial charge in [0, 0.05) is 24.0 Å². The minimum Gasteiger partial charge on any atom is -0.484 e. The molecule has 4 N–H and O–H groups in total. The van der Waals surface area contributed by atoms with Crippen molar-refractivity contribution >= 4 is 52.8 Å². The number of amidine groups is 1. The van der Waals surface area contributed by atoms with E-state index in [1.165, 1.54) is 0 Å². The average Bonchev–Trinajstić information content (AvgIpc) is 2.83. The topological polar surface area (TPSA) is 96.4 Å². The Hall–Kier alpha value is -1.27. The highest BCUT2D eigenvalue weighted by molar-refractivity contribution is 6.44. The molecular weight excluding hydrogens is 387 g/mol. The van der Waals surface area contributed by atoms with Crippen molar-refractivity contribution in [3.05, 3.63) is 33.3 Å². The summed E-state index contributed by atoms with van der Waals surface area (Å²) in [5.41, 5.74) is 7.63. The summed E-state index contributed by atoms with van der Waals surface area (Å²) in [7, 11) is 0. The van der Waals surface area contributed by atoms with Crippen LogP contribution in [0.5, 0.6) is 5.75 Å². The van der Waals surface area contributed by atoms with Gasteiger partial charge in [-0.25, -0.2) is 0 Å². The molecule has 5 nitrogen and oxygen atoms in total. The average molecular weight is 406 g/mol. The number of rotatable bonds is 5. The molecule has 0 aliphatic heterocycles. The predicted octanol–water partition coefficient (Wildman–Crippen LogP) is 3.40. The van der Waals surface area contributed by atoms with Crippen LogP contribution in [0.25, 0.3) is 5.57 Å². The minimum atomic E-state index is -0.281. The third-order valence-corrected chi connectivity index (χ3v) is 5.60. The summed E-state index contributed by atoms with van der Waals surface area (Å²) in [4.78, 5) is 11.9. The first kappa shape index (κ1) is 20.0. The Balaban J connectivity index is 0.00000225. The van der Waals surface area contributed by atoms with Crippen molar-refractivity contribution < 1.29 is 14.6 Å². The fraction of sp³-hybridized carbons (Fsp3) is 0.412. The number of fused-ring (bicyclic) bond motifs is 3. The normalized spacial score (nSPS) is 21.1. The van der Waals surface area contributed by atoms with E-state index in [9.17, 15) is 9.90 Å². The quantitative estimate of drug-likeness (QED) is 0.516. The number of nitrogens with one attached hydrogen (secondary N) is 1. The minimum absolute atomic E-state index is 0. The molecule has 1 atom stereocenters. The first-order chi connectivity index (χ1) is 11.4. The summed E-state index contributed by atoms with van der Waals surface area (Å²) < 4.78 is 5.47. The van der Waals surface area contributed by atoms with Gasteiger partial charge in [-0.3, -0.25) is 10.2 Å². The Morgan fingerprint density at radius 3 is 2.76 bits per heavy atom. The maximum Gasteiger partial charge on any atom is 0.156 e. The van der Waals surface area contributed by atoms with Crippen molar-refractivity contribution in [1.29, 1.82) is 5.41 Å². The number of aliphatic hydroxyl groups excluding tert-OH is 1. The van der Waals surface area contributed by atoms with Crippen molar-refractivity contribution in [2.75, 3.05) is 13.2 Å². The maximum absolute atomic E-state index is 11.9. The Morgan fingerprint density at radius 1 is 1.40 bits per heavy atom. The van der Waals surface area contributed by atoms with E-state index in [1.807, 2.05) is 0 Å². The van der Waals surface area contributed by atoms with Crippen LogP contribution in [0.1, 0.15) is 30.4 Å². The molecule has 0 radical (unpaired) electrons. The fourth-order valence-electron chi connectivity index (χ4n) is 3.67. The zero-order valence-electron chi connectivity index (χ0n) is 13.4. The third-order valence-electron chi connectivity index (χ3n) is 4.75. The molecule has 3 rings (SSSR count). The van der Waals surface area contributed by atoms with E-state index in [2.05, 4.69) is 0 Å². The Bertz CT molecular complexity index is 764. The van der Waals surface area contributed by atoms with Gasteiger partial charge in [-0.15, -0.1) is 12.4 Å². The highest BCUT2D eigenvalue weighted by Crippen LogP contribution is 2.57. The van der Waals surface area contributed by atoms with Crippen LogP contribution < -0.4 is 10.5 Å². The van der Waals surface area contributed by atoms with Gasteiger partial charge in [0.15, 0.2) is 5.78 Å². The molecule has 2 aliphatic rings. The molecule has 1 unspecified atom stereocenters. The van der Waals surface area contributed by atoms with E-state index in [0.29, 0.717) is 36.5 Å². The van der Waals surface area contributed by atoms with Crippen molar-refractivity contribution in [2.24, 2.45) is 11.1 Å². The highest BCUT2D eigenvalue weighted by atomic mass is 35.5. The number of carbonyl (C=O) groups excluding carboxylic acids is 1. The van der Waals surface area contributed by atoms with Gasteiger partial charge in [-0.05, 0) is 42.5 Å². The SMILES string of the molecule is Cl.N=C(N)COc1cc2c(c(Cl)c1Cl)C1=CC(=O)CCC1(CCO)C2.